The number of ether oxygens (including phenoxy) is 1. The Balaban J connectivity index is 2.63. The molecule has 2 N–H and O–H groups in total. The van der Waals surface area contributed by atoms with Crippen molar-refractivity contribution in [1.82, 2.24) is 0 Å². The van der Waals surface area contributed by atoms with E-state index < -0.39 is 0 Å². The quantitative estimate of drug-likeness (QED) is 0.793. The summed E-state index contributed by atoms with van der Waals surface area (Å²) in [6.07, 6.45) is 2.19. The molecule has 0 saturated heterocycles. The summed E-state index contributed by atoms with van der Waals surface area (Å²) in [6, 6.07) is 4.74. The van der Waals surface area contributed by atoms with Crippen molar-refractivity contribution in [1.29, 1.82) is 0 Å². The zero-order valence-electron chi connectivity index (χ0n) is 10.2. The molecule has 1 aromatic rings. The zero-order valence-corrected chi connectivity index (χ0v) is 11.0. The second-order valence-corrected chi connectivity index (χ2v) is 4.52. The molecule has 0 aromatic heterocycles. The van der Waals surface area contributed by atoms with E-state index in [2.05, 4.69) is 6.92 Å². The van der Waals surface area contributed by atoms with E-state index in [1.54, 1.807) is 12.1 Å². The number of benzene rings is 1. The number of nitrogens with two attached hydrogens (primary N) is 1. The van der Waals surface area contributed by atoms with Gasteiger partial charge in [0.15, 0.2) is 0 Å². The highest BCUT2D eigenvalue weighted by Gasteiger charge is 2.07. The van der Waals surface area contributed by atoms with Gasteiger partial charge < -0.3 is 10.5 Å². The van der Waals surface area contributed by atoms with E-state index in [1.807, 2.05) is 6.92 Å². The Hall–Kier alpha value is -1.00. The number of hydrogen-bond donors (Lipinski definition) is 1. The zero-order chi connectivity index (χ0) is 12.8. The van der Waals surface area contributed by atoms with E-state index >= 15 is 0 Å². The van der Waals surface area contributed by atoms with Crippen LogP contribution in [0.25, 0.3) is 0 Å². The first kappa shape index (κ1) is 14.1. The fourth-order valence-corrected chi connectivity index (χ4v) is 1.67. The van der Waals surface area contributed by atoms with Crippen LogP contribution in [0.2, 0.25) is 0 Å². The molecule has 0 amide bonds. The van der Waals surface area contributed by atoms with Gasteiger partial charge in [0.1, 0.15) is 10.8 Å². The van der Waals surface area contributed by atoms with E-state index in [4.69, 9.17) is 22.7 Å². The maximum atomic E-state index is 13.7. The largest absolute Gasteiger partial charge is 0.389 e. The van der Waals surface area contributed by atoms with Gasteiger partial charge in [0.25, 0.3) is 0 Å². The van der Waals surface area contributed by atoms with Crippen LogP contribution in [0.3, 0.4) is 0 Å². The monoisotopic (exact) mass is 255 g/mol. The maximum absolute atomic E-state index is 13.7. The van der Waals surface area contributed by atoms with Gasteiger partial charge in [0.05, 0.1) is 12.7 Å². The van der Waals surface area contributed by atoms with E-state index in [9.17, 15) is 4.39 Å². The molecule has 94 valence electrons. The second-order valence-electron chi connectivity index (χ2n) is 4.08. The predicted molar refractivity (Wildman–Crippen MR) is 71.4 cm³/mol. The van der Waals surface area contributed by atoms with Crippen molar-refractivity contribution in [2.75, 3.05) is 0 Å². The third-order valence-electron chi connectivity index (χ3n) is 2.56. The molecule has 4 heteroatoms. The molecule has 17 heavy (non-hydrogen) atoms. The Bertz CT molecular complexity index is 395. The molecule has 2 nitrogen and oxygen atoms in total. The average molecular weight is 255 g/mol. The molecule has 0 heterocycles. The van der Waals surface area contributed by atoms with Gasteiger partial charge >= 0.3 is 0 Å². The maximum Gasteiger partial charge on any atom is 0.129 e. The molecule has 1 rings (SSSR count). The van der Waals surface area contributed by atoms with Crippen LogP contribution in [0.4, 0.5) is 4.39 Å². The molecule has 0 aliphatic carbocycles. The summed E-state index contributed by atoms with van der Waals surface area (Å²) in [5.74, 6) is -0.320. The summed E-state index contributed by atoms with van der Waals surface area (Å²) in [4.78, 5) is 0.204. The van der Waals surface area contributed by atoms with Crippen LogP contribution in [0.1, 0.15) is 37.8 Å². The SMILES string of the molecule is CCCC(C)OCc1ccc(C(N)=S)cc1F. The molecule has 0 saturated carbocycles. The first-order valence-electron chi connectivity index (χ1n) is 5.74. The third-order valence-corrected chi connectivity index (χ3v) is 2.79. The minimum absolute atomic E-state index is 0.148. The highest BCUT2D eigenvalue weighted by molar-refractivity contribution is 7.80. The topological polar surface area (TPSA) is 35.2 Å². The summed E-state index contributed by atoms with van der Waals surface area (Å²) in [6.45, 7) is 4.37. The van der Waals surface area contributed by atoms with Crippen molar-refractivity contribution < 1.29 is 9.13 Å². The number of halogens is 1. The smallest absolute Gasteiger partial charge is 0.129 e. The van der Waals surface area contributed by atoms with Crippen LogP contribution in [0, 0.1) is 5.82 Å². The lowest BCUT2D eigenvalue weighted by molar-refractivity contribution is 0.0456. The van der Waals surface area contributed by atoms with Crippen LogP contribution in [-0.4, -0.2) is 11.1 Å². The van der Waals surface area contributed by atoms with Crippen molar-refractivity contribution in [3.63, 3.8) is 0 Å². The van der Waals surface area contributed by atoms with Crippen molar-refractivity contribution in [3.8, 4) is 0 Å². The van der Waals surface area contributed by atoms with E-state index in [1.165, 1.54) is 6.07 Å². The van der Waals surface area contributed by atoms with Gasteiger partial charge in [-0.15, -0.1) is 0 Å². The summed E-state index contributed by atoms with van der Waals surface area (Å²) in [7, 11) is 0. The first-order valence-corrected chi connectivity index (χ1v) is 6.15. The van der Waals surface area contributed by atoms with E-state index in [-0.39, 0.29) is 23.5 Å². The summed E-state index contributed by atoms with van der Waals surface area (Å²) >= 11 is 4.79. The Labute approximate surface area is 107 Å². The Morgan fingerprint density at radius 1 is 1.53 bits per heavy atom. The van der Waals surface area contributed by atoms with Crippen LogP contribution in [0.5, 0.6) is 0 Å². The van der Waals surface area contributed by atoms with Gasteiger partial charge in [0, 0.05) is 11.1 Å². The molecule has 1 atom stereocenters. The molecule has 0 aliphatic heterocycles. The molecule has 1 unspecified atom stereocenters. The lowest BCUT2D eigenvalue weighted by Crippen LogP contribution is -2.11. The number of hydrogen-bond acceptors (Lipinski definition) is 2. The van der Waals surface area contributed by atoms with Crippen LogP contribution in [-0.2, 0) is 11.3 Å². The summed E-state index contributed by atoms with van der Waals surface area (Å²) in [5.41, 5.74) is 6.51. The highest BCUT2D eigenvalue weighted by Crippen LogP contribution is 2.13. The van der Waals surface area contributed by atoms with Gasteiger partial charge in [-0.1, -0.05) is 37.7 Å². The summed E-state index contributed by atoms with van der Waals surface area (Å²) in [5, 5.41) is 0. The van der Waals surface area contributed by atoms with Crippen molar-refractivity contribution in [3.05, 3.63) is 35.1 Å². The van der Waals surface area contributed by atoms with Crippen molar-refractivity contribution >= 4 is 17.2 Å². The lowest BCUT2D eigenvalue weighted by Gasteiger charge is -2.12. The predicted octanol–water partition coefficient (Wildman–Crippen LogP) is 3.17. The standard InChI is InChI=1S/C13H18FNOS/c1-3-4-9(2)16-8-11-6-5-10(13(15)17)7-12(11)14/h5-7,9H,3-4,8H2,1-2H3,(H2,15,17). The van der Waals surface area contributed by atoms with Gasteiger partial charge in [-0.05, 0) is 19.4 Å². The van der Waals surface area contributed by atoms with Gasteiger partial charge in [-0.2, -0.15) is 0 Å². The minimum atomic E-state index is -0.320. The van der Waals surface area contributed by atoms with Crippen molar-refractivity contribution in [2.24, 2.45) is 5.73 Å². The minimum Gasteiger partial charge on any atom is -0.389 e. The Kier molecular flexibility index (Phi) is 5.51. The first-order chi connectivity index (χ1) is 8.04. The molecule has 0 aliphatic rings. The van der Waals surface area contributed by atoms with Gasteiger partial charge in [0.2, 0.25) is 0 Å². The normalized spacial score (nSPS) is 12.4. The molecule has 0 fully saturated rings. The highest BCUT2D eigenvalue weighted by atomic mass is 32.1. The molecule has 0 radical (unpaired) electrons. The molecular formula is C13H18FNOS. The van der Waals surface area contributed by atoms with Crippen molar-refractivity contribution in [2.45, 2.75) is 39.4 Å². The second kappa shape index (κ2) is 6.67. The lowest BCUT2D eigenvalue weighted by atomic mass is 10.1. The molecule has 1 aromatic carbocycles. The molecular weight excluding hydrogens is 237 g/mol. The Morgan fingerprint density at radius 2 is 2.24 bits per heavy atom. The summed E-state index contributed by atoms with van der Waals surface area (Å²) < 4.78 is 19.2. The Morgan fingerprint density at radius 3 is 2.76 bits per heavy atom. The average Bonchev–Trinajstić information content (AvgIpc) is 2.27. The van der Waals surface area contributed by atoms with Gasteiger partial charge in [-0.25, -0.2) is 4.39 Å². The van der Waals surface area contributed by atoms with Gasteiger partial charge in [-0.3, -0.25) is 0 Å². The molecule has 0 spiro atoms. The molecule has 0 bridgehead atoms. The van der Waals surface area contributed by atoms with Crippen LogP contribution in [0.15, 0.2) is 18.2 Å². The van der Waals surface area contributed by atoms with Crippen LogP contribution >= 0.6 is 12.2 Å². The van der Waals surface area contributed by atoms with E-state index in [0.717, 1.165) is 12.8 Å². The van der Waals surface area contributed by atoms with E-state index in [0.29, 0.717) is 11.1 Å². The van der Waals surface area contributed by atoms with Crippen LogP contribution < -0.4 is 5.73 Å². The number of thiocarbonyl (C=S) groups is 1. The number of rotatable bonds is 6. The fraction of sp³-hybridized carbons (Fsp3) is 0.462. The fourth-order valence-electron chi connectivity index (χ4n) is 1.54. The third kappa shape index (κ3) is 4.40.